The number of aromatic nitrogens is 8. The molecule has 0 saturated heterocycles. The van der Waals surface area contributed by atoms with E-state index in [1.807, 2.05) is 53.7 Å². The van der Waals surface area contributed by atoms with Crippen LogP contribution in [-0.2, 0) is 79.4 Å². The van der Waals surface area contributed by atoms with E-state index in [1.54, 1.807) is 65.0 Å². The summed E-state index contributed by atoms with van der Waals surface area (Å²) in [5.74, 6) is -2.31. The van der Waals surface area contributed by atoms with Crippen molar-refractivity contribution in [1.82, 2.24) is 50.1 Å². The Morgan fingerprint density at radius 2 is 0.830 bits per heavy atom. The Morgan fingerprint density at radius 3 is 1.19 bits per heavy atom. The third-order valence-electron chi connectivity index (χ3n) is 26.0. The molecule has 11 rings (SSSR count). The molecule has 27 heteroatoms. The normalized spacial score (nSPS) is 14.4. The summed E-state index contributed by atoms with van der Waals surface area (Å²) in [6.07, 6.45) is 0.236. The van der Waals surface area contributed by atoms with Crippen LogP contribution in [0.3, 0.4) is 0 Å². The minimum Gasteiger partial charge on any atom is -0.492 e. The number of carbonyl (C=O) groups excluding carboxylic acids is 7. The lowest BCUT2D eigenvalue weighted by Gasteiger charge is -2.32. The van der Waals surface area contributed by atoms with Gasteiger partial charge in [0, 0.05) is 91.4 Å². The summed E-state index contributed by atoms with van der Waals surface area (Å²) in [4.78, 5) is 145. The summed E-state index contributed by atoms with van der Waals surface area (Å²) in [7, 11) is 4.25. The fourth-order valence-corrected chi connectivity index (χ4v) is 17.2. The molecule has 1 aliphatic heterocycles. The lowest BCUT2D eigenvalue weighted by Crippen LogP contribution is -2.46. The van der Waals surface area contributed by atoms with Gasteiger partial charge in [0.1, 0.15) is 70.7 Å². The van der Waals surface area contributed by atoms with Gasteiger partial charge < -0.3 is 51.5 Å². The Morgan fingerprint density at radius 1 is 0.475 bits per heavy atom. The second-order valence-corrected chi connectivity index (χ2v) is 42.3. The molecule has 10 aromatic rings. The fourth-order valence-electron chi connectivity index (χ4n) is 17.2. The predicted molar refractivity (Wildman–Crippen MR) is 552 cm³/mol. The quantitative estimate of drug-likeness (QED) is 0.0236. The van der Waals surface area contributed by atoms with E-state index in [1.165, 1.54) is 48.4 Å². The summed E-state index contributed by atoms with van der Waals surface area (Å²) < 4.78 is 21.9. The number of nitrogens with two attached hydrogens (primary N) is 3. The summed E-state index contributed by atoms with van der Waals surface area (Å²) >= 11 is 0. The number of carboxylic acid groups (broad SMARTS) is 1. The van der Waals surface area contributed by atoms with Crippen molar-refractivity contribution < 1.29 is 62.4 Å². The number of benzene rings is 6. The number of Topliss-reactive ketones (excluding diaryl/α,β-unsaturated/α-hetero) is 3. The monoisotopic (exact) mass is 1920 g/mol. The third-order valence-corrected chi connectivity index (χ3v) is 26.0. The van der Waals surface area contributed by atoms with Crippen molar-refractivity contribution in [3.8, 4) is 28.7 Å². The number of rotatable bonds is 27. The number of aromatic carboxylic acids is 1. The second kappa shape index (κ2) is 47.5. The molecule has 4 atom stereocenters. The summed E-state index contributed by atoms with van der Waals surface area (Å²) in [6, 6.07) is 44.3. The maximum atomic E-state index is 14.9. The van der Waals surface area contributed by atoms with Crippen LogP contribution in [0.15, 0.2) is 133 Å². The van der Waals surface area contributed by atoms with E-state index in [-0.39, 0.29) is 122 Å². The van der Waals surface area contributed by atoms with Crippen LogP contribution in [0, 0.1) is 78.6 Å². The van der Waals surface area contributed by atoms with Crippen LogP contribution in [0.4, 0.5) is 0 Å². The molecule has 0 unspecified atom stereocenters. The van der Waals surface area contributed by atoms with E-state index in [4.69, 9.17) is 46.1 Å². The van der Waals surface area contributed by atoms with Gasteiger partial charge >= 0.3 is 17.9 Å². The molecule has 8 N–H and O–H groups in total. The summed E-state index contributed by atoms with van der Waals surface area (Å²) in [5.41, 5.74) is 34.5. The zero-order valence-corrected chi connectivity index (χ0v) is 88.5. The lowest BCUT2D eigenvalue weighted by atomic mass is 9.80. The van der Waals surface area contributed by atoms with Crippen molar-refractivity contribution in [3.05, 3.63) is 280 Å². The van der Waals surface area contributed by atoms with Crippen LogP contribution < -0.4 is 32.0 Å². The van der Waals surface area contributed by atoms with E-state index in [2.05, 4.69) is 243 Å². The van der Waals surface area contributed by atoms with Gasteiger partial charge in [-0.3, -0.25) is 24.0 Å². The molecular weight excluding hydrogens is 1770 g/mol. The van der Waals surface area contributed by atoms with Crippen LogP contribution in [-0.4, -0.2) is 157 Å². The first-order valence-electron chi connectivity index (χ1n) is 48.2. The number of nitriles is 1. The lowest BCUT2D eigenvalue weighted by molar-refractivity contribution is -0.142. The molecule has 0 fully saturated rings. The highest BCUT2D eigenvalue weighted by atomic mass is 16.5. The fraction of sp³-hybridized carbons (Fsp3) is 0.465. The van der Waals surface area contributed by atoms with Crippen LogP contribution in [0.25, 0.3) is 11.1 Å². The van der Waals surface area contributed by atoms with E-state index < -0.39 is 64.3 Å². The minimum atomic E-state index is -1.25. The number of esters is 2. The maximum Gasteiger partial charge on any atom is 0.341 e. The molecule has 27 nitrogen and oxygen atoms in total. The Balaban J connectivity index is 0.000000272. The SMILES string of the molecule is COC(=O)c1c(C)nc(C(C)(C)c2ccc(C(C)(C)C)cc2)nc1C.COC(=O)c1c(C)nc(Cc2ccc(C(C)(C)C)cc2)nc1C.Cc1nc(C(C)(C)c2ccc(C(C)(C)C)cc2)nc(C)c1C(=O)C[C@@H](CCN)C(=O)N(C)[C@@H]1C(=O)C[C@@H](C)C(=O)N[C@H](C(=O)CCC#N)Cc2ccc(OCCN)c(c2)-c2cc1ccc2OCCN.Cc1nc(C(C)(C)c2ccc(C(C)(C)C)cc2)nc(C)c1C(=O)O. The van der Waals surface area contributed by atoms with E-state index in [0.717, 1.165) is 28.1 Å². The third kappa shape index (κ3) is 28.5. The number of carbonyl (C=O) groups is 8. The van der Waals surface area contributed by atoms with E-state index in [0.29, 0.717) is 120 Å². The zero-order valence-electron chi connectivity index (χ0n) is 88.5. The number of fused-ring (bicyclic) bond motifs is 5. The van der Waals surface area contributed by atoms with Gasteiger partial charge in [-0.05, 0) is 218 Å². The van der Waals surface area contributed by atoms with Gasteiger partial charge in [-0.25, -0.2) is 54.3 Å². The largest absolute Gasteiger partial charge is 0.492 e. The number of hydrogen-bond donors (Lipinski definition) is 5. The van der Waals surface area contributed by atoms with E-state index in [9.17, 15) is 48.7 Å². The molecule has 0 radical (unpaired) electrons. The number of ketones is 3. The zero-order chi connectivity index (χ0) is 105. The number of carboxylic acids is 1. The van der Waals surface area contributed by atoms with Gasteiger partial charge in [-0.2, -0.15) is 5.26 Å². The molecular formula is C114H148N14O13. The highest BCUT2D eigenvalue weighted by Crippen LogP contribution is 2.43. The Kier molecular flexibility index (Phi) is 38.1. The number of likely N-dealkylation sites (N-methyl/N-ethyl adjacent to an activating group) is 1. The van der Waals surface area contributed by atoms with Crippen LogP contribution >= 0.6 is 0 Å². The molecule has 2 amide bonds. The standard InChI is InChI=1S/C54H70N8O7.C21H28N2O2.C20H26N2O2.C19H24N2O2/c1-32-27-45(65)49(36-13-19-47(69-26-24-58)41(30-36)40-28-35(12-18-46(40)68-25-23-57)29-42(61-50(32)66)43(63)11-10-21-55)62(9)51(67)37(20-22-56)31-44(64)48-33(2)59-52(60-34(48)3)54(7,8)39-16-14-38(15-17-39)53(4,5)6;1-13-17(18(24)25-8)14(2)23-19(22-13)21(6,7)16-11-9-15(10-12-16)20(3,4)5;1-12-16(17(23)24)13(2)22-18(21-12)20(6,7)15-10-8-14(9-11-15)19(3,4)5;1-12-17(18(22)23-6)13(2)21-16(20-12)11-14-7-9-15(10-8-14)19(3,4)5/h12-19,28,30,32,37,42,49H,10-11,20,22-27,29,31,56-58H2,1-9H3,(H,61,66);9-12H,1-8H3;8-11H,1-7H3,(H,23,24);7-10H,11H2,1-6H3/t32-,37-,42+,49+;;;/m1.../s1. The molecule has 6 aromatic carbocycles. The van der Waals surface area contributed by atoms with Gasteiger partial charge in [0.05, 0.1) is 77.4 Å². The Labute approximate surface area is 834 Å². The first-order valence-corrected chi connectivity index (χ1v) is 48.2. The molecule has 0 saturated carbocycles. The molecule has 752 valence electrons. The second-order valence-electron chi connectivity index (χ2n) is 42.3. The number of methoxy groups -OCH3 is 2. The number of hydrogen-bond acceptors (Lipinski definition) is 24. The van der Waals surface area contributed by atoms with Crippen molar-refractivity contribution in [2.24, 2.45) is 29.0 Å². The first-order chi connectivity index (χ1) is 65.8. The highest BCUT2D eigenvalue weighted by molar-refractivity contribution is 6.01. The van der Waals surface area contributed by atoms with Crippen molar-refractivity contribution in [1.29, 1.82) is 5.26 Å². The van der Waals surface area contributed by atoms with Gasteiger partial charge in [0.15, 0.2) is 17.3 Å². The number of nitrogens with one attached hydrogen (secondary N) is 1. The highest BCUT2D eigenvalue weighted by Gasteiger charge is 2.40. The average molecular weight is 1920 g/mol. The van der Waals surface area contributed by atoms with Crippen LogP contribution in [0.1, 0.15) is 336 Å². The predicted octanol–water partition coefficient (Wildman–Crippen LogP) is 19.0. The molecule has 0 spiro atoms. The van der Waals surface area contributed by atoms with Gasteiger partial charge in [-0.1, -0.05) is 199 Å². The first kappa shape index (κ1) is 113. The maximum absolute atomic E-state index is 14.9. The average Bonchev–Trinajstić information content (AvgIpc) is 0.784. The number of amides is 2. The number of ether oxygens (including phenoxy) is 4. The van der Waals surface area contributed by atoms with Gasteiger partial charge in [-0.15, -0.1) is 0 Å². The molecule has 4 aromatic heterocycles. The summed E-state index contributed by atoms with van der Waals surface area (Å²) in [5, 5.41) is 21.4. The molecule has 141 heavy (non-hydrogen) atoms. The molecule has 0 aliphatic carbocycles. The molecule has 5 heterocycles. The topological polar surface area (TPSA) is 414 Å². The smallest absolute Gasteiger partial charge is 0.341 e. The number of nitrogens with zero attached hydrogens (tertiary/aromatic N) is 10. The van der Waals surface area contributed by atoms with Crippen molar-refractivity contribution in [2.45, 2.75) is 282 Å². The van der Waals surface area contributed by atoms with E-state index >= 15 is 0 Å². The van der Waals surface area contributed by atoms with Gasteiger partial charge in [0.25, 0.3) is 0 Å². The molecule has 4 bridgehead atoms. The van der Waals surface area contributed by atoms with Crippen LogP contribution in [0.5, 0.6) is 11.5 Å². The van der Waals surface area contributed by atoms with Crippen LogP contribution in [0.2, 0.25) is 0 Å². The summed E-state index contributed by atoms with van der Waals surface area (Å²) in [6.45, 7) is 55.4. The number of aryl methyl sites for hydroxylation is 8. The van der Waals surface area contributed by atoms with Crippen molar-refractivity contribution >= 4 is 47.1 Å². The van der Waals surface area contributed by atoms with Gasteiger partial charge in [0.2, 0.25) is 11.8 Å². The Bertz CT molecular complexity index is 6120. The van der Waals surface area contributed by atoms with Crippen molar-refractivity contribution in [2.75, 3.05) is 54.1 Å². The molecule has 1 aliphatic rings. The minimum absolute atomic E-state index is 0.00829. The van der Waals surface area contributed by atoms with Crippen molar-refractivity contribution in [3.63, 3.8) is 0 Å². The Hall–Kier alpha value is -13.0.